The molecule has 0 saturated carbocycles. The average Bonchev–Trinajstić information content (AvgIpc) is 4.10. The van der Waals surface area contributed by atoms with Crippen molar-refractivity contribution in [3.8, 4) is 17.1 Å². The Kier molecular flexibility index (Phi) is 9.92. The zero-order chi connectivity index (χ0) is 43.6. The Balaban J connectivity index is 1.07. The second-order valence-corrected chi connectivity index (χ2v) is 21.9. The molecule has 1 fully saturated rings. The van der Waals surface area contributed by atoms with Gasteiger partial charge in [-0.2, -0.15) is 0 Å². The smallest absolute Gasteiger partial charge is 0.279 e. The Morgan fingerprint density at radius 3 is 2.10 bits per heavy atom. The van der Waals surface area contributed by atoms with Gasteiger partial charge in [-0.1, -0.05) is 78.9 Å². The number of hydrogen-bond donors (Lipinski definition) is 3. The van der Waals surface area contributed by atoms with Crippen LogP contribution in [0.5, 0.6) is 5.75 Å². The topological polar surface area (TPSA) is 165 Å². The first-order valence-electron chi connectivity index (χ1n) is 21.3. The van der Waals surface area contributed by atoms with Crippen molar-refractivity contribution in [1.82, 2.24) is 34.6 Å². The van der Waals surface area contributed by atoms with Crippen LogP contribution in [0.25, 0.3) is 33.2 Å². The van der Waals surface area contributed by atoms with E-state index in [9.17, 15) is 14.7 Å². The molecule has 2 aliphatic rings. The number of carbonyl (C=O) groups is 1. The molecular weight excluding hydrogens is 813 g/mol. The number of ether oxygens (including phenoxy) is 2. The third kappa shape index (κ3) is 6.57. The van der Waals surface area contributed by atoms with Crippen LogP contribution in [-0.2, 0) is 34.6 Å². The molecular formula is C48H48N8O6Si. The van der Waals surface area contributed by atoms with Crippen LogP contribution in [0, 0.1) is 5.92 Å². The molecule has 15 heteroatoms. The predicted molar refractivity (Wildman–Crippen MR) is 244 cm³/mol. The van der Waals surface area contributed by atoms with Crippen molar-refractivity contribution in [3.63, 3.8) is 0 Å². The van der Waals surface area contributed by atoms with E-state index >= 15 is 4.79 Å². The van der Waals surface area contributed by atoms with E-state index in [1.807, 2.05) is 102 Å². The minimum Gasteiger partial charge on any atom is -0.497 e. The standard InChI is InChI=1S/C48H48N8O6Si/c1-30-44(63(3,4)36-20-18-35(61-2)19-21-36)43(23-25-53-29-32(24-26-57)49-52-53)62-48(30)39-27-34(56-46(59)38-10-6-8-12-41(38)51-56)17-22-42(39)54(47(48)60)28-31-13-15-33(16-14-31)55-45(58)37-9-5-7-11-40(37)50-55/h5-22,27,29-30,43-44,50-51,57H,23-26,28H2,1-4H3/t30-,43+,44-,48+/m1/s1. The molecule has 0 radical (unpaired) electrons. The number of hydrogen-bond acceptors (Lipinski definition) is 8. The number of nitrogens with one attached hydrogen (secondary N) is 2. The molecule has 63 heavy (non-hydrogen) atoms. The monoisotopic (exact) mass is 860 g/mol. The molecule has 5 aromatic carbocycles. The lowest BCUT2D eigenvalue weighted by molar-refractivity contribution is -0.146. The van der Waals surface area contributed by atoms with Crippen LogP contribution in [0.2, 0.25) is 18.6 Å². The first-order valence-corrected chi connectivity index (χ1v) is 24.4. The molecule has 5 heterocycles. The van der Waals surface area contributed by atoms with Crippen molar-refractivity contribution >= 4 is 46.7 Å². The third-order valence-electron chi connectivity index (χ3n) is 13.4. The summed E-state index contributed by atoms with van der Waals surface area (Å²) in [5.74, 6) is 0.308. The minimum absolute atomic E-state index is 0.0207. The highest BCUT2D eigenvalue weighted by Gasteiger charge is 2.66. The fraction of sp³-hybridized carbons (Fsp3) is 0.271. The van der Waals surface area contributed by atoms with Gasteiger partial charge < -0.3 is 19.5 Å². The van der Waals surface area contributed by atoms with Gasteiger partial charge in [0.2, 0.25) is 0 Å². The molecule has 3 N–H and O–H groups in total. The largest absolute Gasteiger partial charge is 0.497 e. The van der Waals surface area contributed by atoms with E-state index in [0.717, 1.165) is 16.8 Å². The number of para-hydroxylation sites is 2. The first kappa shape index (κ1) is 40.3. The van der Waals surface area contributed by atoms with Gasteiger partial charge in [0.15, 0.2) is 5.60 Å². The summed E-state index contributed by atoms with van der Waals surface area (Å²) < 4.78 is 17.8. The van der Waals surface area contributed by atoms with Gasteiger partial charge in [0, 0.05) is 37.3 Å². The van der Waals surface area contributed by atoms with E-state index in [1.165, 1.54) is 14.6 Å². The number of nitrogens with zero attached hydrogens (tertiary/aromatic N) is 6. The number of fused-ring (bicyclic) bond motifs is 4. The fourth-order valence-corrected chi connectivity index (χ4v) is 14.3. The van der Waals surface area contributed by atoms with Gasteiger partial charge in [-0.3, -0.25) is 29.3 Å². The van der Waals surface area contributed by atoms with Crippen LogP contribution in [0.4, 0.5) is 5.69 Å². The highest BCUT2D eigenvalue weighted by Crippen LogP contribution is 2.60. The number of rotatable bonds is 12. The second kappa shape index (κ2) is 15.5. The van der Waals surface area contributed by atoms with E-state index in [2.05, 4.69) is 52.7 Å². The number of aromatic amines is 2. The van der Waals surface area contributed by atoms with E-state index in [4.69, 9.17) is 9.47 Å². The number of aliphatic hydroxyl groups excluding tert-OH is 1. The molecule has 2 aliphatic heterocycles. The maximum absolute atomic E-state index is 15.7. The summed E-state index contributed by atoms with van der Waals surface area (Å²) in [4.78, 5) is 44.6. The number of methoxy groups -OCH3 is 1. The summed E-state index contributed by atoms with van der Waals surface area (Å²) in [6, 6.07) is 36.5. The average molecular weight is 861 g/mol. The van der Waals surface area contributed by atoms with Gasteiger partial charge in [-0.05, 0) is 84.3 Å². The third-order valence-corrected chi connectivity index (χ3v) is 17.8. The Bertz CT molecular complexity index is 3130. The zero-order valence-corrected chi connectivity index (χ0v) is 36.5. The number of anilines is 1. The lowest BCUT2D eigenvalue weighted by Crippen LogP contribution is -2.51. The van der Waals surface area contributed by atoms with E-state index in [0.29, 0.717) is 64.0 Å². The van der Waals surface area contributed by atoms with Crippen LogP contribution in [0.15, 0.2) is 131 Å². The highest BCUT2D eigenvalue weighted by molar-refractivity contribution is 6.91. The summed E-state index contributed by atoms with van der Waals surface area (Å²) >= 11 is 0. The van der Waals surface area contributed by atoms with Gasteiger partial charge in [0.25, 0.3) is 17.0 Å². The Morgan fingerprint density at radius 1 is 0.825 bits per heavy atom. The number of benzene rings is 5. The van der Waals surface area contributed by atoms with Crippen molar-refractivity contribution in [2.75, 3.05) is 18.6 Å². The molecule has 0 bridgehead atoms. The number of aliphatic hydroxyl groups is 1. The normalized spacial score (nSPS) is 19.8. The second-order valence-electron chi connectivity index (χ2n) is 17.2. The zero-order valence-electron chi connectivity index (χ0n) is 35.5. The molecule has 14 nitrogen and oxygen atoms in total. The van der Waals surface area contributed by atoms with Crippen molar-refractivity contribution in [1.29, 1.82) is 0 Å². The summed E-state index contributed by atoms with van der Waals surface area (Å²) in [7, 11) is -0.821. The highest BCUT2D eigenvalue weighted by atomic mass is 28.3. The summed E-state index contributed by atoms with van der Waals surface area (Å²) in [5, 5.41) is 27.0. The number of aryl methyl sites for hydroxylation is 1. The summed E-state index contributed by atoms with van der Waals surface area (Å²) in [6.07, 6.45) is 2.46. The Morgan fingerprint density at radius 2 is 1.46 bits per heavy atom. The van der Waals surface area contributed by atoms with Gasteiger partial charge >= 0.3 is 0 Å². The van der Waals surface area contributed by atoms with Crippen LogP contribution >= 0.6 is 0 Å². The molecule has 1 spiro atoms. The molecule has 320 valence electrons. The number of amides is 1. The lowest BCUT2D eigenvalue weighted by Gasteiger charge is -2.37. The van der Waals surface area contributed by atoms with Gasteiger partial charge in [0.05, 0.1) is 72.4 Å². The Hall–Kier alpha value is -6.81. The number of aromatic nitrogens is 7. The van der Waals surface area contributed by atoms with Gasteiger partial charge in [-0.15, -0.1) is 5.10 Å². The Labute approximate surface area is 363 Å². The summed E-state index contributed by atoms with van der Waals surface area (Å²) in [6.45, 7) is 7.57. The molecule has 3 aromatic heterocycles. The number of carbonyl (C=O) groups excluding carboxylic acids is 1. The maximum Gasteiger partial charge on any atom is 0.279 e. The molecule has 1 saturated heterocycles. The van der Waals surface area contributed by atoms with Crippen molar-refractivity contribution in [3.05, 3.63) is 159 Å². The number of H-pyrrole nitrogens is 2. The van der Waals surface area contributed by atoms with E-state index in [-0.39, 0.29) is 47.7 Å². The lowest BCUT2D eigenvalue weighted by atomic mass is 9.82. The molecule has 8 aromatic rings. The molecule has 1 amide bonds. The molecule has 4 atom stereocenters. The van der Waals surface area contributed by atoms with Gasteiger partial charge in [-0.25, -0.2) is 9.36 Å². The van der Waals surface area contributed by atoms with Crippen LogP contribution < -0.4 is 25.9 Å². The predicted octanol–water partition coefficient (Wildman–Crippen LogP) is 5.94. The van der Waals surface area contributed by atoms with Crippen LogP contribution in [0.3, 0.4) is 0 Å². The van der Waals surface area contributed by atoms with Gasteiger partial charge in [0.1, 0.15) is 5.75 Å². The fourth-order valence-electron chi connectivity index (χ4n) is 10.2. The van der Waals surface area contributed by atoms with Crippen LogP contribution in [-0.4, -0.2) is 73.5 Å². The molecule has 10 rings (SSSR count). The van der Waals surface area contributed by atoms with Crippen molar-refractivity contribution < 1.29 is 19.4 Å². The molecule has 0 unspecified atom stereocenters. The maximum atomic E-state index is 15.7. The van der Waals surface area contributed by atoms with E-state index < -0.39 is 13.7 Å². The minimum atomic E-state index is -2.48. The molecule has 0 aliphatic carbocycles. The SMILES string of the molecule is COc1ccc([Si](C)(C)[C@H]2[C@H](CCn3cc(CCO)nn3)O[C@@]3(C(=O)N(Cc4ccc(-n5[nH]c6ccccc6c5=O)cc4)c4ccc(-n5[nH]c6ccccc6c5=O)cc43)[C@@H]2C)cc1. The first-order chi connectivity index (χ1) is 30.5. The van der Waals surface area contributed by atoms with Crippen molar-refractivity contribution in [2.24, 2.45) is 5.92 Å². The summed E-state index contributed by atoms with van der Waals surface area (Å²) in [5.41, 5.74) is 3.96. The van der Waals surface area contributed by atoms with Crippen LogP contribution in [0.1, 0.15) is 30.2 Å². The van der Waals surface area contributed by atoms with E-state index in [1.54, 1.807) is 23.9 Å². The quantitative estimate of drug-likeness (QED) is 0.127. The van der Waals surface area contributed by atoms with Crippen molar-refractivity contribution in [2.45, 2.75) is 63.2 Å².